The number of methoxy groups -OCH3 is 2. The fourth-order valence-electron chi connectivity index (χ4n) is 4.33. The van der Waals surface area contributed by atoms with E-state index in [0.29, 0.717) is 11.7 Å². The second kappa shape index (κ2) is 12.3. The monoisotopic (exact) mass is 520 g/mol. The van der Waals surface area contributed by atoms with Crippen LogP contribution in [0.15, 0.2) is 49.1 Å². The molecule has 0 saturated carbocycles. The van der Waals surface area contributed by atoms with Crippen molar-refractivity contribution in [3.05, 3.63) is 54.6 Å². The first-order valence-corrected chi connectivity index (χ1v) is 13.3. The zero-order valence-corrected chi connectivity index (χ0v) is 22.0. The number of ether oxygens (including phenoxy) is 2. The highest BCUT2D eigenvalue weighted by molar-refractivity contribution is 7.97. The van der Waals surface area contributed by atoms with E-state index in [4.69, 9.17) is 9.47 Å². The molecular formula is C26H32N8O2S. The molecule has 0 atom stereocenters. The first-order chi connectivity index (χ1) is 18.2. The lowest BCUT2D eigenvalue weighted by molar-refractivity contribution is 0.188. The first-order valence-electron chi connectivity index (χ1n) is 12.4. The van der Waals surface area contributed by atoms with Gasteiger partial charge in [0.15, 0.2) is 5.75 Å². The minimum atomic E-state index is 0.628. The van der Waals surface area contributed by atoms with E-state index in [9.17, 15) is 0 Å². The molecule has 10 nitrogen and oxygen atoms in total. The van der Waals surface area contributed by atoms with Crippen molar-refractivity contribution in [2.75, 3.05) is 58.1 Å². The highest BCUT2D eigenvalue weighted by atomic mass is 32.2. The van der Waals surface area contributed by atoms with Crippen molar-refractivity contribution in [1.29, 1.82) is 0 Å². The number of piperazine rings is 1. The number of aromatic amines is 1. The van der Waals surface area contributed by atoms with Gasteiger partial charge in [-0.05, 0) is 36.2 Å². The summed E-state index contributed by atoms with van der Waals surface area (Å²) < 4.78 is 13.0. The van der Waals surface area contributed by atoms with Crippen LogP contribution >= 0.6 is 11.9 Å². The van der Waals surface area contributed by atoms with Gasteiger partial charge in [-0.1, -0.05) is 18.0 Å². The van der Waals surface area contributed by atoms with E-state index in [0.717, 1.165) is 79.6 Å². The molecule has 1 saturated heterocycles. The van der Waals surface area contributed by atoms with Crippen LogP contribution in [0.1, 0.15) is 12.0 Å². The number of imidazole rings is 1. The average molecular weight is 521 g/mol. The van der Waals surface area contributed by atoms with Crippen molar-refractivity contribution in [3.8, 4) is 17.0 Å². The van der Waals surface area contributed by atoms with Crippen LogP contribution in [0.4, 0.5) is 11.8 Å². The summed E-state index contributed by atoms with van der Waals surface area (Å²) in [5, 5.41) is 3.32. The SMILES string of the molecule is COCCCSN1CCN(Cc2ccnc(Nc3nc4ccc(-c5ncncc5OC)cc4[nH]3)c2)CC1. The van der Waals surface area contributed by atoms with E-state index in [1.807, 2.05) is 36.3 Å². The second-order valence-corrected chi connectivity index (χ2v) is 10.00. The van der Waals surface area contributed by atoms with E-state index in [2.05, 4.69) is 51.6 Å². The quantitative estimate of drug-likeness (QED) is 0.223. The Morgan fingerprint density at radius 1 is 1.08 bits per heavy atom. The normalized spacial score (nSPS) is 14.8. The zero-order valence-electron chi connectivity index (χ0n) is 21.2. The molecule has 2 N–H and O–H groups in total. The Bertz CT molecular complexity index is 1310. The van der Waals surface area contributed by atoms with E-state index < -0.39 is 0 Å². The molecular weight excluding hydrogens is 488 g/mol. The molecule has 37 heavy (non-hydrogen) atoms. The molecule has 3 aromatic heterocycles. The van der Waals surface area contributed by atoms with Gasteiger partial charge in [0.25, 0.3) is 0 Å². The summed E-state index contributed by atoms with van der Waals surface area (Å²) in [6, 6.07) is 10.1. The molecule has 0 aliphatic carbocycles. The molecule has 0 spiro atoms. The number of nitrogens with one attached hydrogen (secondary N) is 2. The largest absolute Gasteiger partial charge is 0.493 e. The summed E-state index contributed by atoms with van der Waals surface area (Å²) >= 11 is 1.94. The van der Waals surface area contributed by atoms with Crippen molar-refractivity contribution in [2.24, 2.45) is 0 Å². The third kappa shape index (κ3) is 6.55. The summed E-state index contributed by atoms with van der Waals surface area (Å²) in [4.78, 5) is 23.4. The van der Waals surface area contributed by atoms with Crippen LogP contribution in [-0.2, 0) is 11.3 Å². The molecule has 0 unspecified atom stereocenters. The Balaban J connectivity index is 1.20. The summed E-state index contributed by atoms with van der Waals surface area (Å²) in [5.74, 6) is 3.15. The standard InChI is InChI=1S/C26H32N8O2S/c1-35-12-3-13-37-34-10-8-33(9-11-34)17-19-6-7-28-24(14-19)32-26-30-21-5-4-20(15-22(21)31-26)25-23(36-2)16-27-18-29-25/h4-7,14-16,18H,3,8-13,17H2,1-2H3,(H2,28,30,31,32). The summed E-state index contributed by atoms with van der Waals surface area (Å²) in [6.45, 7) is 6.02. The molecule has 4 heterocycles. The molecule has 1 aliphatic rings. The van der Waals surface area contributed by atoms with Crippen LogP contribution in [0, 0.1) is 0 Å². The highest BCUT2D eigenvalue weighted by Gasteiger charge is 2.17. The molecule has 1 fully saturated rings. The van der Waals surface area contributed by atoms with E-state index in [1.54, 1.807) is 20.4 Å². The number of H-pyrrole nitrogens is 1. The van der Waals surface area contributed by atoms with Gasteiger partial charge in [-0.15, -0.1) is 0 Å². The smallest absolute Gasteiger partial charge is 0.206 e. The van der Waals surface area contributed by atoms with Gasteiger partial charge in [-0.3, -0.25) is 4.90 Å². The van der Waals surface area contributed by atoms with Crippen molar-refractivity contribution in [2.45, 2.75) is 13.0 Å². The number of fused-ring (bicyclic) bond motifs is 1. The third-order valence-corrected chi connectivity index (χ3v) is 7.43. The van der Waals surface area contributed by atoms with E-state index in [1.165, 1.54) is 11.9 Å². The fraction of sp³-hybridized carbons (Fsp3) is 0.385. The Hall–Kier alpha value is -3.25. The van der Waals surface area contributed by atoms with Crippen LogP contribution in [-0.4, -0.2) is 86.9 Å². The summed E-state index contributed by atoms with van der Waals surface area (Å²) in [7, 11) is 3.38. The van der Waals surface area contributed by atoms with E-state index >= 15 is 0 Å². The zero-order chi connectivity index (χ0) is 25.5. The van der Waals surface area contributed by atoms with Crippen molar-refractivity contribution in [1.82, 2.24) is 34.1 Å². The molecule has 0 amide bonds. The van der Waals surface area contributed by atoms with Crippen LogP contribution in [0.2, 0.25) is 0 Å². The van der Waals surface area contributed by atoms with Crippen LogP contribution in [0.3, 0.4) is 0 Å². The number of aromatic nitrogens is 5. The van der Waals surface area contributed by atoms with Gasteiger partial charge in [0.05, 0.1) is 24.3 Å². The average Bonchev–Trinajstić information content (AvgIpc) is 3.33. The van der Waals surface area contributed by atoms with Gasteiger partial charge in [-0.25, -0.2) is 24.2 Å². The van der Waals surface area contributed by atoms with Gasteiger partial charge in [-0.2, -0.15) is 0 Å². The minimum Gasteiger partial charge on any atom is -0.493 e. The topological polar surface area (TPSA) is 104 Å². The maximum absolute atomic E-state index is 5.41. The van der Waals surface area contributed by atoms with Crippen molar-refractivity contribution < 1.29 is 9.47 Å². The van der Waals surface area contributed by atoms with Crippen LogP contribution < -0.4 is 10.1 Å². The van der Waals surface area contributed by atoms with Crippen LogP contribution in [0.5, 0.6) is 5.75 Å². The van der Waals surface area contributed by atoms with Crippen molar-refractivity contribution >= 4 is 34.7 Å². The van der Waals surface area contributed by atoms with Crippen LogP contribution in [0.25, 0.3) is 22.3 Å². The van der Waals surface area contributed by atoms with Crippen molar-refractivity contribution in [3.63, 3.8) is 0 Å². The van der Waals surface area contributed by atoms with Gasteiger partial charge >= 0.3 is 0 Å². The van der Waals surface area contributed by atoms with Gasteiger partial charge in [0.2, 0.25) is 5.95 Å². The lowest BCUT2D eigenvalue weighted by atomic mass is 10.1. The molecule has 11 heteroatoms. The molecule has 0 radical (unpaired) electrons. The first kappa shape index (κ1) is 25.4. The maximum Gasteiger partial charge on any atom is 0.206 e. The number of hydrogen-bond donors (Lipinski definition) is 2. The molecule has 1 aliphatic heterocycles. The second-order valence-electron chi connectivity index (χ2n) is 8.82. The summed E-state index contributed by atoms with van der Waals surface area (Å²) in [5.41, 5.74) is 4.65. The van der Waals surface area contributed by atoms with Gasteiger partial charge in [0, 0.05) is 64.0 Å². The summed E-state index contributed by atoms with van der Waals surface area (Å²) in [6.07, 6.45) is 6.12. The molecule has 194 valence electrons. The number of pyridine rings is 1. The molecule has 4 aromatic rings. The molecule has 5 rings (SSSR count). The maximum atomic E-state index is 5.41. The van der Waals surface area contributed by atoms with Gasteiger partial charge < -0.3 is 19.8 Å². The Kier molecular flexibility index (Phi) is 8.46. The number of nitrogens with zero attached hydrogens (tertiary/aromatic N) is 6. The predicted molar refractivity (Wildman–Crippen MR) is 147 cm³/mol. The highest BCUT2D eigenvalue weighted by Crippen LogP contribution is 2.29. The number of benzene rings is 1. The number of hydrogen-bond acceptors (Lipinski definition) is 10. The Morgan fingerprint density at radius 2 is 1.97 bits per heavy atom. The molecule has 1 aromatic carbocycles. The fourth-order valence-corrected chi connectivity index (χ4v) is 5.26. The van der Waals surface area contributed by atoms with E-state index in [-0.39, 0.29) is 0 Å². The molecule has 0 bridgehead atoms. The number of anilines is 2. The Labute approximate surface area is 221 Å². The van der Waals surface area contributed by atoms with Gasteiger partial charge in [0.1, 0.15) is 17.8 Å². The number of rotatable bonds is 11. The predicted octanol–water partition coefficient (Wildman–Crippen LogP) is 3.97. The lowest BCUT2D eigenvalue weighted by Gasteiger charge is -2.33. The lowest BCUT2D eigenvalue weighted by Crippen LogP contribution is -2.43. The minimum absolute atomic E-state index is 0.628. The Morgan fingerprint density at radius 3 is 2.81 bits per heavy atom. The third-order valence-electron chi connectivity index (χ3n) is 6.23.